The number of rotatable bonds is 4. The smallest absolute Gasteiger partial charge is 0.265 e. The molecule has 0 spiro atoms. The lowest BCUT2D eigenvalue weighted by Gasteiger charge is -2.32. The summed E-state index contributed by atoms with van der Waals surface area (Å²) < 4.78 is 0.966. The first-order valence-electron chi connectivity index (χ1n) is 7.97. The van der Waals surface area contributed by atoms with Gasteiger partial charge in [0.2, 0.25) is 0 Å². The number of hydrogen-bond donors (Lipinski definition) is 1. The van der Waals surface area contributed by atoms with Gasteiger partial charge in [0.1, 0.15) is 4.88 Å². The van der Waals surface area contributed by atoms with Crippen LogP contribution in [0.4, 0.5) is 0 Å². The van der Waals surface area contributed by atoms with Crippen molar-refractivity contribution in [2.75, 3.05) is 26.2 Å². The Labute approximate surface area is 150 Å². The maximum Gasteiger partial charge on any atom is 0.265 e. The summed E-state index contributed by atoms with van der Waals surface area (Å²) in [6.45, 7) is 5.77. The Balaban J connectivity index is 1.73. The Bertz CT molecular complexity index is 708. The van der Waals surface area contributed by atoms with Crippen molar-refractivity contribution in [3.63, 3.8) is 0 Å². The van der Waals surface area contributed by atoms with Crippen molar-refractivity contribution in [2.24, 2.45) is 5.92 Å². The largest absolute Gasteiger partial charge is 0.338 e. The lowest BCUT2D eigenvalue weighted by Crippen LogP contribution is -2.40. The molecular formula is C17H20Cl2N2OS. The van der Waals surface area contributed by atoms with Crippen LogP contribution in [-0.2, 0) is 0 Å². The maximum absolute atomic E-state index is 12.8. The fourth-order valence-corrected chi connectivity index (χ4v) is 4.76. The number of halogens is 2. The van der Waals surface area contributed by atoms with E-state index in [0.717, 1.165) is 49.1 Å². The lowest BCUT2D eigenvalue weighted by atomic mass is 9.96. The third-order valence-electron chi connectivity index (χ3n) is 4.37. The number of likely N-dealkylation sites (tertiary alicyclic amines) is 1. The van der Waals surface area contributed by atoms with E-state index in [9.17, 15) is 4.79 Å². The highest BCUT2D eigenvalue weighted by Gasteiger charge is 2.26. The summed E-state index contributed by atoms with van der Waals surface area (Å²) in [6, 6.07) is 5.56. The van der Waals surface area contributed by atoms with E-state index in [-0.39, 0.29) is 5.91 Å². The van der Waals surface area contributed by atoms with Crippen LogP contribution in [0.5, 0.6) is 0 Å². The van der Waals surface area contributed by atoms with Crippen LogP contribution in [0, 0.1) is 5.92 Å². The average Bonchev–Trinajstić information content (AvgIpc) is 2.89. The third kappa shape index (κ3) is 3.66. The van der Waals surface area contributed by atoms with Crippen molar-refractivity contribution in [3.8, 4) is 0 Å². The molecule has 1 aliphatic rings. The van der Waals surface area contributed by atoms with Crippen LogP contribution >= 0.6 is 34.5 Å². The van der Waals surface area contributed by atoms with Gasteiger partial charge in [0, 0.05) is 28.2 Å². The van der Waals surface area contributed by atoms with Gasteiger partial charge >= 0.3 is 0 Å². The molecule has 0 saturated carbocycles. The van der Waals surface area contributed by atoms with E-state index >= 15 is 0 Å². The fraction of sp³-hybridized carbons (Fsp3) is 0.471. The molecular weight excluding hydrogens is 351 g/mol. The molecule has 6 heteroatoms. The van der Waals surface area contributed by atoms with Crippen molar-refractivity contribution < 1.29 is 4.79 Å². The highest BCUT2D eigenvalue weighted by Crippen LogP contribution is 2.37. The van der Waals surface area contributed by atoms with Gasteiger partial charge in [-0.2, -0.15) is 0 Å². The number of hydrogen-bond acceptors (Lipinski definition) is 3. The molecule has 0 unspecified atom stereocenters. The summed E-state index contributed by atoms with van der Waals surface area (Å²) in [6.07, 6.45) is 2.10. The maximum atomic E-state index is 12.8. The SMILES string of the molecule is CCNCC1CCN(C(=O)c2sc3cc(Cl)ccc3c2Cl)CC1. The molecule has 2 heterocycles. The summed E-state index contributed by atoms with van der Waals surface area (Å²) in [5, 5.41) is 5.52. The second kappa shape index (κ2) is 7.39. The average molecular weight is 371 g/mol. The number of thiophene rings is 1. The molecule has 1 N–H and O–H groups in total. The van der Waals surface area contributed by atoms with Crippen molar-refractivity contribution in [3.05, 3.63) is 33.1 Å². The molecule has 1 aliphatic heterocycles. The fourth-order valence-electron chi connectivity index (χ4n) is 3.01. The number of piperidine rings is 1. The minimum Gasteiger partial charge on any atom is -0.338 e. The first-order valence-corrected chi connectivity index (χ1v) is 9.55. The molecule has 2 aromatic rings. The summed E-state index contributed by atoms with van der Waals surface area (Å²) >= 11 is 13.9. The molecule has 1 saturated heterocycles. The number of nitrogens with one attached hydrogen (secondary N) is 1. The Hall–Kier alpha value is -0.810. The van der Waals surface area contributed by atoms with Crippen LogP contribution in [0.1, 0.15) is 29.4 Å². The highest BCUT2D eigenvalue weighted by molar-refractivity contribution is 7.21. The van der Waals surface area contributed by atoms with Gasteiger partial charge in [-0.15, -0.1) is 11.3 Å². The number of carbonyl (C=O) groups excluding carboxylic acids is 1. The standard InChI is InChI=1S/C17H20Cl2N2OS/c1-2-20-10-11-5-7-21(8-6-11)17(22)16-15(19)13-4-3-12(18)9-14(13)23-16/h3-4,9,11,20H,2,5-8,10H2,1H3. The lowest BCUT2D eigenvalue weighted by molar-refractivity contribution is 0.0695. The number of benzene rings is 1. The Morgan fingerprint density at radius 1 is 1.35 bits per heavy atom. The topological polar surface area (TPSA) is 32.3 Å². The second-order valence-electron chi connectivity index (χ2n) is 5.93. The normalized spacial score (nSPS) is 16.2. The van der Waals surface area contributed by atoms with Gasteiger partial charge in [-0.1, -0.05) is 36.2 Å². The summed E-state index contributed by atoms with van der Waals surface area (Å²) in [7, 11) is 0. The molecule has 3 rings (SSSR count). The van der Waals surface area contributed by atoms with E-state index in [4.69, 9.17) is 23.2 Å². The number of nitrogens with zero attached hydrogens (tertiary/aromatic N) is 1. The van der Waals surface area contributed by atoms with Crippen molar-refractivity contribution in [1.82, 2.24) is 10.2 Å². The first-order chi connectivity index (χ1) is 11.1. The van der Waals surface area contributed by atoms with Gasteiger partial charge in [0.25, 0.3) is 5.91 Å². The highest BCUT2D eigenvalue weighted by atomic mass is 35.5. The zero-order valence-electron chi connectivity index (χ0n) is 13.1. The molecule has 124 valence electrons. The van der Waals surface area contributed by atoms with E-state index < -0.39 is 0 Å². The van der Waals surface area contributed by atoms with Crippen molar-refractivity contribution in [1.29, 1.82) is 0 Å². The zero-order chi connectivity index (χ0) is 16.4. The van der Waals surface area contributed by atoms with E-state index in [0.29, 0.717) is 20.8 Å². The van der Waals surface area contributed by atoms with E-state index in [1.54, 1.807) is 0 Å². The van der Waals surface area contributed by atoms with E-state index in [1.807, 2.05) is 23.1 Å². The van der Waals surface area contributed by atoms with Crippen molar-refractivity contribution in [2.45, 2.75) is 19.8 Å². The predicted octanol–water partition coefficient (Wildman–Crippen LogP) is 4.67. The quantitative estimate of drug-likeness (QED) is 0.847. The second-order valence-corrected chi connectivity index (χ2v) is 7.80. The van der Waals surface area contributed by atoms with Gasteiger partial charge < -0.3 is 10.2 Å². The molecule has 0 bridgehead atoms. The van der Waals surface area contributed by atoms with Crippen LogP contribution in [0.15, 0.2) is 18.2 Å². The number of fused-ring (bicyclic) bond motifs is 1. The monoisotopic (exact) mass is 370 g/mol. The summed E-state index contributed by atoms with van der Waals surface area (Å²) in [5.74, 6) is 0.713. The summed E-state index contributed by atoms with van der Waals surface area (Å²) in [5.41, 5.74) is 0. The number of amides is 1. The molecule has 1 aromatic carbocycles. The Morgan fingerprint density at radius 3 is 2.78 bits per heavy atom. The Kier molecular flexibility index (Phi) is 5.47. The molecule has 3 nitrogen and oxygen atoms in total. The van der Waals surface area contributed by atoms with Gasteiger partial charge in [0.15, 0.2) is 0 Å². The molecule has 1 aromatic heterocycles. The van der Waals surface area contributed by atoms with Gasteiger partial charge in [-0.3, -0.25) is 4.79 Å². The van der Waals surface area contributed by atoms with Crippen molar-refractivity contribution >= 4 is 50.5 Å². The Morgan fingerprint density at radius 2 is 2.09 bits per heavy atom. The van der Waals surface area contributed by atoms with Gasteiger partial charge in [0.05, 0.1) is 5.02 Å². The first kappa shape index (κ1) is 17.0. The van der Waals surface area contributed by atoms with Gasteiger partial charge in [-0.05, 0) is 44.0 Å². The predicted molar refractivity (Wildman–Crippen MR) is 99.0 cm³/mol. The molecule has 0 aliphatic carbocycles. The molecule has 23 heavy (non-hydrogen) atoms. The van der Waals surface area contributed by atoms with Crippen LogP contribution in [0.25, 0.3) is 10.1 Å². The van der Waals surface area contributed by atoms with E-state index in [2.05, 4.69) is 12.2 Å². The van der Waals surface area contributed by atoms with Crippen LogP contribution in [0.3, 0.4) is 0 Å². The van der Waals surface area contributed by atoms with Crippen LogP contribution in [0.2, 0.25) is 10.0 Å². The van der Waals surface area contributed by atoms with Gasteiger partial charge in [-0.25, -0.2) is 0 Å². The van der Waals surface area contributed by atoms with E-state index in [1.165, 1.54) is 11.3 Å². The van der Waals surface area contributed by atoms with Crippen LogP contribution < -0.4 is 5.32 Å². The molecule has 0 radical (unpaired) electrons. The molecule has 1 amide bonds. The number of carbonyl (C=O) groups is 1. The zero-order valence-corrected chi connectivity index (χ0v) is 15.4. The minimum absolute atomic E-state index is 0.0502. The summed E-state index contributed by atoms with van der Waals surface area (Å²) in [4.78, 5) is 15.4. The molecule has 0 atom stereocenters. The molecule has 1 fully saturated rings. The van der Waals surface area contributed by atoms with Crippen LogP contribution in [-0.4, -0.2) is 37.0 Å². The minimum atomic E-state index is 0.0502. The third-order valence-corrected chi connectivity index (χ3v) is 6.25.